The number of nitrogens with one attached hydrogen (secondary N) is 2. The lowest BCUT2D eigenvalue weighted by Crippen LogP contribution is -2.43. The summed E-state index contributed by atoms with van der Waals surface area (Å²) in [4.78, 5) is 0. The Hall–Kier alpha value is -0.510. The zero-order valence-electron chi connectivity index (χ0n) is 11.4. The van der Waals surface area contributed by atoms with Gasteiger partial charge < -0.3 is 10.6 Å². The number of rotatable bonds is 4. The van der Waals surface area contributed by atoms with E-state index in [1.165, 1.54) is 32.1 Å². The molecule has 1 aliphatic rings. The summed E-state index contributed by atoms with van der Waals surface area (Å²) < 4.78 is 0. The number of benzene rings is 1. The van der Waals surface area contributed by atoms with Crippen LogP contribution < -0.4 is 10.6 Å². The zero-order chi connectivity index (χ0) is 14.4. The second-order valence-corrected chi connectivity index (χ2v) is 6.41. The molecule has 1 aliphatic carbocycles. The molecule has 0 unspecified atom stereocenters. The van der Waals surface area contributed by atoms with Crippen LogP contribution in [0.25, 0.3) is 0 Å². The fourth-order valence-corrected chi connectivity index (χ4v) is 3.41. The highest BCUT2D eigenvalue weighted by Gasteiger charge is 2.13. The third-order valence-electron chi connectivity index (χ3n) is 3.66. The van der Waals surface area contributed by atoms with Crippen LogP contribution in [0.1, 0.15) is 37.7 Å². The van der Waals surface area contributed by atoms with E-state index in [-0.39, 0.29) is 0 Å². The van der Waals surface area contributed by atoms with Gasteiger partial charge in [0.15, 0.2) is 5.11 Å². The predicted molar refractivity (Wildman–Crippen MR) is 90.8 cm³/mol. The van der Waals surface area contributed by atoms with Crippen molar-refractivity contribution in [3.8, 4) is 0 Å². The van der Waals surface area contributed by atoms with Crippen molar-refractivity contribution < 1.29 is 0 Å². The molecule has 5 heteroatoms. The van der Waals surface area contributed by atoms with Crippen molar-refractivity contribution in [2.75, 3.05) is 6.54 Å². The van der Waals surface area contributed by atoms with Crippen LogP contribution in [-0.4, -0.2) is 17.7 Å². The van der Waals surface area contributed by atoms with Gasteiger partial charge in [-0.2, -0.15) is 0 Å². The quantitative estimate of drug-likeness (QED) is 0.803. The lowest BCUT2D eigenvalue weighted by molar-refractivity contribution is 0.412. The van der Waals surface area contributed by atoms with Gasteiger partial charge in [0.1, 0.15) is 0 Å². The van der Waals surface area contributed by atoms with E-state index in [9.17, 15) is 0 Å². The molecular formula is C15H20Cl2N2S. The lowest BCUT2D eigenvalue weighted by atomic mass is 9.96. The van der Waals surface area contributed by atoms with Crippen LogP contribution in [0.5, 0.6) is 0 Å². The van der Waals surface area contributed by atoms with Crippen LogP contribution in [-0.2, 0) is 6.42 Å². The van der Waals surface area contributed by atoms with Crippen LogP contribution in [0.4, 0.5) is 0 Å². The molecular weight excluding hydrogens is 311 g/mol. The Bertz CT molecular complexity index is 439. The van der Waals surface area contributed by atoms with Crippen LogP contribution in [0.15, 0.2) is 18.2 Å². The first kappa shape index (κ1) is 15.9. The van der Waals surface area contributed by atoms with E-state index in [1.807, 2.05) is 18.2 Å². The summed E-state index contributed by atoms with van der Waals surface area (Å²) in [6.45, 7) is 0.738. The highest BCUT2D eigenvalue weighted by molar-refractivity contribution is 7.80. The van der Waals surface area contributed by atoms with Crippen molar-refractivity contribution in [1.29, 1.82) is 0 Å². The molecule has 0 bridgehead atoms. The summed E-state index contributed by atoms with van der Waals surface area (Å²) >= 11 is 17.6. The minimum Gasteiger partial charge on any atom is -0.362 e. The van der Waals surface area contributed by atoms with E-state index in [0.29, 0.717) is 16.1 Å². The average molecular weight is 331 g/mol. The van der Waals surface area contributed by atoms with Crippen molar-refractivity contribution in [3.63, 3.8) is 0 Å². The molecule has 2 N–H and O–H groups in total. The number of hydrogen-bond donors (Lipinski definition) is 2. The molecule has 110 valence electrons. The van der Waals surface area contributed by atoms with E-state index < -0.39 is 0 Å². The molecule has 0 amide bonds. The third-order valence-corrected chi connectivity index (χ3v) is 4.63. The van der Waals surface area contributed by atoms with Gasteiger partial charge in [0.05, 0.1) is 0 Å². The van der Waals surface area contributed by atoms with E-state index >= 15 is 0 Å². The Morgan fingerprint density at radius 3 is 2.45 bits per heavy atom. The van der Waals surface area contributed by atoms with Gasteiger partial charge in [-0.3, -0.25) is 0 Å². The highest BCUT2D eigenvalue weighted by Crippen LogP contribution is 2.24. The topological polar surface area (TPSA) is 24.1 Å². The molecule has 1 fully saturated rings. The molecule has 2 nitrogen and oxygen atoms in total. The second kappa shape index (κ2) is 8.06. The molecule has 0 aliphatic heterocycles. The molecule has 0 aromatic heterocycles. The number of halogens is 2. The number of thiocarbonyl (C=S) groups is 1. The smallest absolute Gasteiger partial charge is 0.166 e. The third kappa shape index (κ3) is 4.80. The maximum Gasteiger partial charge on any atom is 0.166 e. The van der Waals surface area contributed by atoms with Gasteiger partial charge in [-0.1, -0.05) is 48.5 Å². The summed E-state index contributed by atoms with van der Waals surface area (Å²) in [5, 5.41) is 8.79. The van der Waals surface area contributed by atoms with E-state index in [1.54, 1.807) is 0 Å². The second-order valence-electron chi connectivity index (χ2n) is 5.19. The van der Waals surface area contributed by atoms with Gasteiger partial charge in [-0.25, -0.2) is 0 Å². The summed E-state index contributed by atoms with van der Waals surface area (Å²) in [7, 11) is 0. The molecule has 1 aromatic rings. The van der Waals surface area contributed by atoms with E-state index in [2.05, 4.69) is 10.6 Å². The van der Waals surface area contributed by atoms with Gasteiger partial charge in [-0.05, 0) is 49.2 Å². The Morgan fingerprint density at radius 1 is 1.15 bits per heavy atom. The van der Waals surface area contributed by atoms with E-state index in [4.69, 9.17) is 35.4 Å². The molecule has 0 saturated heterocycles. The van der Waals surface area contributed by atoms with Crippen LogP contribution >= 0.6 is 35.4 Å². The standard InChI is InChI=1S/C15H20Cl2N2S/c16-13-7-4-8-14(17)12(13)9-10-18-15(20)19-11-5-2-1-3-6-11/h4,7-8,11H,1-3,5-6,9-10H2,(H2,18,19,20). The van der Waals surface area contributed by atoms with Crippen LogP contribution in [0, 0.1) is 0 Å². The maximum absolute atomic E-state index is 6.14. The summed E-state index contributed by atoms with van der Waals surface area (Å²) in [5.41, 5.74) is 0.976. The van der Waals surface area contributed by atoms with Crippen LogP contribution in [0.3, 0.4) is 0 Å². The molecule has 0 heterocycles. The lowest BCUT2D eigenvalue weighted by Gasteiger charge is -2.24. The monoisotopic (exact) mass is 330 g/mol. The zero-order valence-corrected chi connectivity index (χ0v) is 13.8. The van der Waals surface area contributed by atoms with Gasteiger partial charge in [0.25, 0.3) is 0 Å². The molecule has 2 rings (SSSR count). The number of hydrogen-bond acceptors (Lipinski definition) is 1. The fraction of sp³-hybridized carbons (Fsp3) is 0.533. The Kier molecular flexibility index (Phi) is 6.40. The summed E-state index contributed by atoms with van der Waals surface area (Å²) in [6.07, 6.45) is 7.16. The Labute approximate surface area is 136 Å². The maximum atomic E-state index is 6.14. The van der Waals surface area contributed by atoms with Crippen molar-refractivity contribution in [2.24, 2.45) is 0 Å². The minimum absolute atomic E-state index is 0.535. The van der Waals surface area contributed by atoms with Gasteiger partial charge in [0.2, 0.25) is 0 Å². The van der Waals surface area contributed by atoms with E-state index in [0.717, 1.165) is 23.6 Å². The van der Waals surface area contributed by atoms with Crippen molar-refractivity contribution in [3.05, 3.63) is 33.8 Å². The first-order valence-electron chi connectivity index (χ1n) is 7.14. The highest BCUT2D eigenvalue weighted by atomic mass is 35.5. The average Bonchev–Trinajstić information content (AvgIpc) is 2.43. The SMILES string of the molecule is S=C(NCCc1c(Cl)cccc1Cl)NC1CCCCC1. The molecule has 0 spiro atoms. The molecule has 20 heavy (non-hydrogen) atoms. The van der Waals surface area contributed by atoms with Crippen molar-refractivity contribution >= 4 is 40.5 Å². The van der Waals surface area contributed by atoms with Crippen molar-refractivity contribution in [2.45, 2.75) is 44.6 Å². The molecule has 1 aromatic carbocycles. The fourth-order valence-electron chi connectivity index (χ4n) is 2.56. The van der Waals surface area contributed by atoms with Gasteiger partial charge in [0, 0.05) is 22.6 Å². The Balaban J connectivity index is 1.73. The summed E-state index contributed by atoms with van der Waals surface area (Å²) in [6, 6.07) is 6.12. The Morgan fingerprint density at radius 2 is 1.80 bits per heavy atom. The predicted octanol–water partition coefficient (Wildman–Crippen LogP) is 4.33. The van der Waals surface area contributed by atoms with Gasteiger partial charge in [-0.15, -0.1) is 0 Å². The summed E-state index contributed by atoms with van der Waals surface area (Å²) in [5.74, 6) is 0. The van der Waals surface area contributed by atoms with Crippen molar-refractivity contribution in [1.82, 2.24) is 10.6 Å². The molecule has 0 atom stereocenters. The first-order chi connectivity index (χ1) is 9.66. The normalized spacial score (nSPS) is 15.9. The van der Waals surface area contributed by atoms with Gasteiger partial charge >= 0.3 is 0 Å². The largest absolute Gasteiger partial charge is 0.362 e. The first-order valence-corrected chi connectivity index (χ1v) is 8.30. The minimum atomic E-state index is 0.535. The molecule has 0 radical (unpaired) electrons. The molecule has 1 saturated carbocycles. The van der Waals surface area contributed by atoms with Crippen LogP contribution in [0.2, 0.25) is 10.0 Å².